The second-order valence-corrected chi connectivity index (χ2v) is 8.86. The summed E-state index contributed by atoms with van der Waals surface area (Å²) in [5.41, 5.74) is -0.118. The van der Waals surface area contributed by atoms with Gasteiger partial charge in [0.05, 0.1) is 11.9 Å². The lowest BCUT2D eigenvalue weighted by molar-refractivity contribution is -0.119. The van der Waals surface area contributed by atoms with Gasteiger partial charge in [-0.15, -0.1) is 0 Å². The molecule has 0 radical (unpaired) electrons. The van der Waals surface area contributed by atoms with Crippen LogP contribution in [-0.2, 0) is 14.8 Å². The molecule has 1 aliphatic heterocycles. The molecule has 1 aromatic carbocycles. The van der Waals surface area contributed by atoms with Crippen molar-refractivity contribution >= 4 is 21.6 Å². The predicted molar refractivity (Wildman–Crippen MR) is 101 cm³/mol. The van der Waals surface area contributed by atoms with Crippen LogP contribution in [0.1, 0.15) is 26.2 Å². The molecule has 1 aromatic rings. The number of amides is 1. The fourth-order valence-electron chi connectivity index (χ4n) is 3.04. The second-order valence-electron chi connectivity index (χ2n) is 6.95. The normalized spacial score (nSPS) is 16.4. The molecule has 6 nitrogen and oxygen atoms in total. The third-order valence-corrected chi connectivity index (χ3v) is 5.78. The molecule has 1 fully saturated rings. The minimum Gasteiger partial charge on any atom is -0.354 e. The van der Waals surface area contributed by atoms with E-state index in [9.17, 15) is 17.6 Å². The summed E-state index contributed by atoms with van der Waals surface area (Å²) < 4.78 is 38.6. The van der Waals surface area contributed by atoms with Gasteiger partial charge in [-0.25, -0.2) is 12.8 Å². The van der Waals surface area contributed by atoms with Crippen molar-refractivity contribution in [2.75, 3.05) is 43.3 Å². The number of hydrogen-bond acceptors (Lipinski definition) is 4. The fraction of sp³-hybridized carbons (Fsp3) is 0.611. The van der Waals surface area contributed by atoms with Gasteiger partial charge in [-0.1, -0.05) is 19.1 Å². The average molecular weight is 386 g/mol. The molecule has 1 saturated heterocycles. The Morgan fingerprint density at radius 3 is 2.58 bits per heavy atom. The number of piperidine rings is 1. The Kier molecular flexibility index (Phi) is 7.40. The van der Waals surface area contributed by atoms with E-state index in [0.717, 1.165) is 42.5 Å². The molecule has 1 aliphatic rings. The Hall–Kier alpha value is -1.67. The van der Waals surface area contributed by atoms with Crippen LogP contribution in [0.15, 0.2) is 24.3 Å². The first-order chi connectivity index (χ1) is 12.3. The quantitative estimate of drug-likeness (QED) is 0.693. The number of halogens is 1. The van der Waals surface area contributed by atoms with Crippen LogP contribution >= 0.6 is 0 Å². The van der Waals surface area contributed by atoms with Crippen molar-refractivity contribution in [3.05, 3.63) is 30.1 Å². The largest absolute Gasteiger partial charge is 0.354 e. The number of anilines is 1. The molecule has 8 heteroatoms. The van der Waals surface area contributed by atoms with Gasteiger partial charge in [-0.3, -0.25) is 9.10 Å². The first kappa shape index (κ1) is 20.6. The van der Waals surface area contributed by atoms with E-state index in [-0.39, 0.29) is 5.69 Å². The lowest BCUT2D eigenvalue weighted by Gasteiger charge is -2.30. The van der Waals surface area contributed by atoms with E-state index in [4.69, 9.17) is 0 Å². The van der Waals surface area contributed by atoms with Gasteiger partial charge in [-0.05, 0) is 56.9 Å². The zero-order chi connectivity index (χ0) is 19.2. The van der Waals surface area contributed by atoms with Gasteiger partial charge in [0, 0.05) is 6.54 Å². The van der Waals surface area contributed by atoms with Crippen LogP contribution in [0, 0.1) is 11.7 Å². The number of hydrogen-bond donors (Lipinski definition) is 1. The van der Waals surface area contributed by atoms with E-state index in [1.54, 1.807) is 0 Å². The Morgan fingerprint density at radius 2 is 1.96 bits per heavy atom. The first-order valence-electron chi connectivity index (χ1n) is 8.98. The molecule has 0 spiro atoms. The Labute approximate surface area is 155 Å². The lowest BCUT2D eigenvalue weighted by Crippen LogP contribution is -2.41. The molecule has 2 rings (SSSR count). The Balaban J connectivity index is 1.82. The van der Waals surface area contributed by atoms with Crippen molar-refractivity contribution in [3.8, 4) is 0 Å². The molecule has 0 unspecified atom stereocenters. The molecule has 146 valence electrons. The molecule has 1 amide bonds. The van der Waals surface area contributed by atoms with Gasteiger partial charge in [-0.2, -0.15) is 0 Å². The summed E-state index contributed by atoms with van der Waals surface area (Å²) in [7, 11) is -3.76. The van der Waals surface area contributed by atoms with Crippen LogP contribution in [0.2, 0.25) is 0 Å². The van der Waals surface area contributed by atoms with Gasteiger partial charge in [0.1, 0.15) is 12.4 Å². The van der Waals surface area contributed by atoms with Crippen LogP contribution < -0.4 is 9.62 Å². The molecule has 0 aromatic heterocycles. The van der Waals surface area contributed by atoms with E-state index in [2.05, 4.69) is 17.1 Å². The smallest absolute Gasteiger partial charge is 0.240 e. The summed E-state index contributed by atoms with van der Waals surface area (Å²) >= 11 is 0. The van der Waals surface area contributed by atoms with E-state index in [1.807, 2.05) is 0 Å². The zero-order valence-corrected chi connectivity index (χ0v) is 16.3. The van der Waals surface area contributed by atoms with Crippen molar-refractivity contribution in [2.45, 2.75) is 26.2 Å². The van der Waals surface area contributed by atoms with Crippen molar-refractivity contribution in [1.82, 2.24) is 10.2 Å². The summed E-state index contributed by atoms with van der Waals surface area (Å²) in [6, 6.07) is 5.53. The molecule has 26 heavy (non-hydrogen) atoms. The fourth-order valence-corrected chi connectivity index (χ4v) is 3.89. The van der Waals surface area contributed by atoms with Gasteiger partial charge in [0.2, 0.25) is 15.9 Å². The maximum atomic E-state index is 13.9. The summed E-state index contributed by atoms with van der Waals surface area (Å²) in [5.74, 6) is -0.331. The number of benzene rings is 1. The molecule has 1 heterocycles. The van der Waals surface area contributed by atoms with Crippen LogP contribution in [0.25, 0.3) is 0 Å². The highest BCUT2D eigenvalue weighted by atomic mass is 32.2. The average Bonchev–Trinajstić information content (AvgIpc) is 2.58. The van der Waals surface area contributed by atoms with Crippen molar-refractivity contribution in [3.63, 3.8) is 0 Å². The van der Waals surface area contributed by atoms with Crippen molar-refractivity contribution in [1.29, 1.82) is 0 Å². The number of para-hydroxylation sites is 1. The molecule has 0 saturated carbocycles. The Morgan fingerprint density at radius 1 is 1.31 bits per heavy atom. The summed E-state index contributed by atoms with van der Waals surface area (Å²) in [6.07, 6.45) is 4.18. The van der Waals surface area contributed by atoms with E-state index >= 15 is 0 Å². The predicted octanol–water partition coefficient (Wildman–Crippen LogP) is 1.83. The molecule has 1 N–H and O–H groups in total. The summed E-state index contributed by atoms with van der Waals surface area (Å²) in [4.78, 5) is 14.5. The van der Waals surface area contributed by atoms with E-state index in [0.29, 0.717) is 6.54 Å². The third kappa shape index (κ3) is 6.25. The van der Waals surface area contributed by atoms with Crippen LogP contribution in [0.5, 0.6) is 0 Å². The van der Waals surface area contributed by atoms with Crippen molar-refractivity contribution < 1.29 is 17.6 Å². The van der Waals surface area contributed by atoms with Crippen LogP contribution in [0.4, 0.5) is 10.1 Å². The number of nitrogens with zero attached hydrogens (tertiary/aromatic N) is 2. The topological polar surface area (TPSA) is 69.7 Å². The van der Waals surface area contributed by atoms with Crippen molar-refractivity contribution in [2.24, 2.45) is 5.92 Å². The number of carbonyl (C=O) groups is 1. The Bertz CT molecular complexity index is 703. The number of nitrogens with one attached hydrogen (secondary N) is 1. The molecule has 0 atom stereocenters. The van der Waals surface area contributed by atoms with Gasteiger partial charge < -0.3 is 10.2 Å². The van der Waals surface area contributed by atoms with Gasteiger partial charge >= 0.3 is 0 Å². The first-order valence-corrected chi connectivity index (χ1v) is 10.8. The zero-order valence-electron chi connectivity index (χ0n) is 15.4. The highest BCUT2D eigenvalue weighted by Gasteiger charge is 2.23. The second kappa shape index (κ2) is 9.32. The highest BCUT2D eigenvalue weighted by Crippen LogP contribution is 2.21. The van der Waals surface area contributed by atoms with Crippen LogP contribution in [-0.4, -0.2) is 58.2 Å². The minimum atomic E-state index is -3.76. The molecule has 0 bridgehead atoms. The van der Waals surface area contributed by atoms with Gasteiger partial charge in [0.15, 0.2) is 0 Å². The molecule has 0 aliphatic carbocycles. The maximum absolute atomic E-state index is 13.9. The monoisotopic (exact) mass is 385 g/mol. The minimum absolute atomic E-state index is 0.118. The highest BCUT2D eigenvalue weighted by molar-refractivity contribution is 7.92. The van der Waals surface area contributed by atoms with Gasteiger partial charge in [0.25, 0.3) is 0 Å². The molecular formula is C18H28FN3O3S. The standard InChI is InChI=1S/C18H28FN3O3S/c1-15-8-12-21(13-9-15)11-5-10-20-18(23)14-22(26(2,24)25)17-7-4-3-6-16(17)19/h3-4,6-7,15H,5,8-14H2,1-2H3,(H,20,23). The number of carbonyl (C=O) groups excluding carboxylic acids is 1. The van der Waals surface area contributed by atoms with Crippen LogP contribution in [0.3, 0.4) is 0 Å². The SMILES string of the molecule is CC1CCN(CCCNC(=O)CN(c2ccccc2F)S(C)(=O)=O)CC1. The molecular weight excluding hydrogens is 357 g/mol. The third-order valence-electron chi connectivity index (χ3n) is 4.66. The summed E-state index contributed by atoms with van der Waals surface area (Å²) in [6.45, 7) is 5.39. The lowest BCUT2D eigenvalue weighted by atomic mass is 9.99. The summed E-state index contributed by atoms with van der Waals surface area (Å²) in [5, 5.41) is 2.73. The maximum Gasteiger partial charge on any atom is 0.240 e. The van der Waals surface area contributed by atoms with E-state index in [1.165, 1.54) is 37.1 Å². The number of rotatable bonds is 8. The van der Waals surface area contributed by atoms with E-state index < -0.39 is 28.3 Å². The number of likely N-dealkylation sites (tertiary alicyclic amines) is 1. The number of sulfonamides is 1.